The monoisotopic (exact) mass is 224 g/mol. The van der Waals surface area contributed by atoms with Crippen molar-refractivity contribution in [1.29, 1.82) is 0 Å². The summed E-state index contributed by atoms with van der Waals surface area (Å²) >= 11 is 0. The Labute approximate surface area is 101 Å². The minimum Gasteiger partial charge on any atom is -0.374 e. The molecule has 1 nitrogen and oxygen atoms in total. The van der Waals surface area contributed by atoms with Gasteiger partial charge < -0.3 is 4.74 Å². The number of hydrogen-bond donors (Lipinski definition) is 0. The minimum absolute atomic E-state index is 0.280. The quantitative estimate of drug-likeness (QED) is 0.597. The topological polar surface area (TPSA) is 9.23 Å². The molecule has 0 radical (unpaired) electrons. The van der Waals surface area contributed by atoms with Gasteiger partial charge in [-0.05, 0) is 35.5 Å². The standard InChI is InChI=1S/C15H28O/c1-14(2,3)12-10-8-7-9-11(10)16-13(12)15(4,5)6/h10-13H,7-9H2,1-6H3. The van der Waals surface area contributed by atoms with E-state index < -0.39 is 0 Å². The molecule has 2 aliphatic rings. The maximum Gasteiger partial charge on any atom is 0.0664 e. The van der Waals surface area contributed by atoms with Gasteiger partial charge in [-0.3, -0.25) is 0 Å². The molecule has 1 saturated carbocycles. The summed E-state index contributed by atoms with van der Waals surface area (Å²) in [6, 6.07) is 0. The summed E-state index contributed by atoms with van der Waals surface area (Å²) in [5, 5.41) is 0. The summed E-state index contributed by atoms with van der Waals surface area (Å²) in [5.41, 5.74) is 0.657. The molecule has 2 rings (SSSR count). The van der Waals surface area contributed by atoms with Crippen molar-refractivity contribution in [3.05, 3.63) is 0 Å². The van der Waals surface area contributed by atoms with Crippen LogP contribution in [0.5, 0.6) is 0 Å². The summed E-state index contributed by atoms with van der Waals surface area (Å²) in [7, 11) is 0. The van der Waals surface area contributed by atoms with E-state index in [0.717, 1.165) is 11.8 Å². The zero-order chi connectivity index (χ0) is 12.1. The van der Waals surface area contributed by atoms with Crippen molar-refractivity contribution in [1.82, 2.24) is 0 Å². The Morgan fingerprint density at radius 1 is 0.875 bits per heavy atom. The van der Waals surface area contributed by atoms with E-state index in [0.29, 0.717) is 17.6 Å². The average Bonchev–Trinajstić information content (AvgIpc) is 2.53. The molecule has 0 spiro atoms. The van der Waals surface area contributed by atoms with Gasteiger partial charge in [-0.1, -0.05) is 48.0 Å². The summed E-state index contributed by atoms with van der Waals surface area (Å²) in [6.07, 6.45) is 5.07. The molecule has 1 aliphatic carbocycles. The van der Waals surface area contributed by atoms with Crippen LogP contribution >= 0.6 is 0 Å². The first-order chi connectivity index (χ1) is 7.21. The van der Waals surface area contributed by atoms with E-state index in [1.54, 1.807) is 0 Å². The van der Waals surface area contributed by atoms with Crippen LogP contribution in [0.25, 0.3) is 0 Å². The predicted molar refractivity (Wildman–Crippen MR) is 68.4 cm³/mol. The van der Waals surface area contributed by atoms with Crippen molar-refractivity contribution in [3.8, 4) is 0 Å². The van der Waals surface area contributed by atoms with Gasteiger partial charge in [-0.25, -0.2) is 0 Å². The third-order valence-corrected chi connectivity index (χ3v) is 4.47. The molecule has 0 aromatic heterocycles. The Bertz CT molecular complexity index is 256. The second kappa shape index (κ2) is 3.73. The zero-order valence-electron chi connectivity index (χ0n) is 11.8. The predicted octanol–water partition coefficient (Wildman–Crippen LogP) is 4.26. The summed E-state index contributed by atoms with van der Waals surface area (Å²) in [5.74, 6) is 1.56. The largest absolute Gasteiger partial charge is 0.374 e. The van der Waals surface area contributed by atoms with Crippen LogP contribution in [0.1, 0.15) is 60.8 Å². The van der Waals surface area contributed by atoms with Crippen LogP contribution in [0.4, 0.5) is 0 Å². The van der Waals surface area contributed by atoms with Crippen molar-refractivity contribution in [2.75, 3.05) is 0 Å². The van der Waals surface area contributed by atoms with Crippen molar-refractivity contribution in [3.63, 3.8) is 0 Å². The smallest absolute Gasteiger partial charge is 0.0664 e. The summed E-state index contributed by atoms with van der Waals surface area (Å²) in [6.45, 7) is 14.2. The van der Waals surface area contributed by atoms with E-state index >= 15 is 0 Å². The molecule has 94 valence electrons. The van der Waals surface area contributed by atoms with Gasteiger partial charge in [0.05, 0.1) is 12.2 Å². The fraction of sp³-hybridized carbons (Fsp3) is 1.00. The molecule has 1 aliphatic heterocycles. The van der Waals surface area contributed by atoms with Crippen LogP contribution < -0.4 is 0 Å². The Kier molecular flexibility index (Phi) is 2.89. The van der Waals surface area contributed by atoms with E-state index in [1.165, 1.54) is 19.3 Å². The maximum absolute atomic E-state index is 6.39. The van der Waals surface area contributed by atoms with Gasteiger partial charge in [0.1, 0.15) is 0 Å². The molecule has 16 heavy (non-hydrogen) atoms. The fourth-order valence-electron chi connectivity index (χ4n) is 3.87. The first-order valence-electron chi connectivity index (χ1n) is 6.87. The van der Waals surface area contributed by atoms with Gasteiger partial charge in [-0.2, -0.15) is 0 Å². The highest BCUT2D eigenvalue weighted by Gasteiger charge is 2.53. The molecule has 0 bridgehead atoms. The molecule has 0 amide bonds. The van der Waals surface area contributed by atoms with Gasteiger partial charge in [0.2, 0.25) is 0 Å². The Balaban J connectivity index is 2.27. The van der Waals surface area contributed by atoms with Crippen LogP contribution in [0, 0.1) is 22.7 Å². The highest BCUT2D eigenvalue weighted by molar-refractivity contribution is 5.01. The second-order valence-electron chi connectivity index (χ2n) is 7.95. The third kappa shape index (κ3) is 2.03. The van der Waals surface area contributed by atoms with E-state index in [4.69, 9.17) is 4.74 Å². The van der Waals surface area contributed by atoms with Gasteiger partial charge in [0.15, 0.2) is 0 Å². The van der Waals surface area contributed by atoms with Crippen molar-refractivity contribution in [2.24, 2.45) is 22.7 Å². The molecule has 0 aromatic carbocycles. The molecule has 1 heteroatoms. The molecule has 1 heterocycles. The maximum atomic E-state index is 6.39. The number of ether oxygens (including phenoxy) is 1. The molecular formula is C15H28O. The molecule has 1 saturated heterocycles. The lowest BCUT2D eigenvalue weighted by Gasteiger charge is -2.40. The molecular weight excluding hydrogens is 196 g/mol. The summed E-state index contributed by atoms with van der Waals surface area (Å²) < 4.78 is 6.39. The van der Waals surface area contributed by atoms with Crippen LogP contribution in [-0.2, 0) is 4.74 Å². The zero-order valence-corrected chi connectivity index (χ0v) is 11.8. The Hall–Kier alpha value is -0.0400. The van der Waals surface area contributed by atoms with Crippen molar-refractivity contribution >= 4 is 0 Å². The van der Waals surface area contributed by atoms with Crippen LogP contribution in [0.2, 0.25) is 0 Å². The SMILES string of the molecule is CC(C)(C)C1OC2CCCC2C1C(C)(C)C. The van der Waals surface area contributed by atoms with Gasteiger partial charge >= 0.3 is 0 Å². The van der Waals surface area contributed by atoms with Gasteiger partial charge in [0, 0.05) is 0 Å². The van der Waals surface area contributed by atoms with E-state index in [9.17, 15) is 0 Å². The third-order valence-electron chi connectivity index (χ3n) is 4.47. The number of rotatable bonds is 0. The van der Waals surface area contributed by atoms with Crippen molar-refractivity contribution < 1.29 is 4.74 Å². The Morgan fingerprint density at radius 3 is 2.00 bits per heavy atom. The normalized spacial score (nSPS) is 40.1. The Morgan fingerprint density at radius 2 is 1.50 bits per heavy atom. The lowest BCUT2D eigenvalue weighted by Crippen LogP contribution is -2.40. The first-order valence-corrected chi connectivity index (χ1v) is 6.87. The number of hydrogen-bond acceptors (Lipinski definition) is 1. The lowest BCUT2D eigenvalue weighted by atomic mass is 9.65. The molecule has 4 unspecified atom stereocenters. The van der Waals surface area contributed by atoms with Crippen LogP contribution in [0.15, 0.2) is 0 Å². The van der Waals surface area contributed by atoms with Crippen LogP contribution in [-0.4, -0.2) is 12.2 Å². The van der Waals surface area contributed by atoms with E-state index in [2.05, 4.69) is 41.5 Å². The van der Waals surface area contributed by atoms with Gasteiger partial charge in [-0.15, -0.1) is 0 Å². The molecule has 0 aromatic rings. The average molecular weight is 224 g/mol. The van der Waals surface area contributed by atoms with E-state index in [-0.39, 0.29) is 5.41 Å². The highest BCUT2D eigenvalue weighted by atomic mass is 16.5. The first kappa shape index (κ1) is 12.4. The lowest BCUT2D eigenvalue weighted by molar-refractivity contribution is -0.0475. The second-order valence-corrected chi connectivity index (χ2v) is 7.95. The summed E-state index contributed by atoms with van der Waals surface area (Å²) in [4.78, 5) is 0. The number of fused-ring (bicyclic) bond motifs is 1. The van der Waals surface area contributed by atoms with E-state index in [1.807, 2.05) is 0 Å². The highest BCUT2D eigenvalue weighted by Crippen LogP contribution is 2.54. The van der Waals surface area contributed by atoms with Crippen molar-refractivity contribution in [2.45, 2.75) is 73.0 Å². The molecule has 4 atom stereocenters. The van der Waals surface area contributed by atoms with Gasteiger partial charge in [0.25, 0.3) is 0 Å². The molecule has 0 N–H and O–H groups in total. The minimum atomic E-state index is 0.280. The van der Waals surface area contributed by atoms with Crippen LogP contribution in [0.3, 0.4) is 0 Å². The molecule has 2 fully saturated rings. The fourth-order valence-corrected chi connectivity index (χ4v) is 3.87.